The van der Waals surface area contributed by atoms with E-state index in [2.05, 4.69) is 63.8 Å². The number of aromatic nitrogens is 4. The lowest BCUT2D eigenvalue weighted by atomic mass is 10.0. The number of likely N-dealkylation sites (N-methyl/N-ethyl adjacent to an activating group) is 1. The summed E-state index contributed by atoms with van der Waals surface area (Å²) in [7, 11) is 3.90. The maximum Gasteiger partial charge on any atom is 0.413 e. The lowest BCUT2D eigenvalue weighted by molar-refractivity contribution is -0.137. The van der Waals surface area contributed by atoms with Gasteiger partial charge in [-0.15, -0.1) is 0 Å². The molecule has 2 aromatic heterocycles. The lowest BCUT2D eigenvalue weighted by Gasteiger charge is -2.31. The molecule has 0 bridgehead atoms. The summed E-state index contributed by atoms with van der Waals surface area (Å²) in [6.45, 7) is 6.89. The zero-order valence-corrected chi connectivity index (χ0v) is 34.8. The number of ether oxygens (including phenoxy) is 1. The lowest BCUT2D eigenvalue weighted by Crippen LogP contribution is -2.42. The third-order valence-corrected chi connectivity index (χ3v) is 11.3. The highest BCUT2D eigenvalue weighted by Crippen LogP contribution is 2.37. The Bertz CT molecular complexity index is 2450. The first-order chi connectivity index (χ1) is 28.9. The molecule has 2 fully saturated rings. The van der Waals surface area contributed by atoms with Crippen molar-refractivity contribution in [3.8, 4) is 39.4 Å². The van der Waals surface area contributed by atoms with Crippen LogP contribution in [0.1, 0.15) is 92.2 Å². The summed E-state index contributed by atoms with van der Waals surface area (Å²) in [5.41, 5.74) is 6.79. The summed E-state index contributed by atoms with van der Waals surface area (Å²) < 4.78 is 5.59. The first-order valence-electron chi connectivity index (χ1n) is 20.7. The van der Waals surface area contributed by atoms with Crippen molar-refractivity contribution in [3.05, 3.63) is 138 Å². The van der Waals surface area contributed by atoms with Crippen molar-refractivity contribution in [1.29, 1.82) is 0 Å². The van der Waals surface area contributed by atoms with Gasteiger partial charge in [-0.1, -0.05) is 91.0 Å². The smallest absolute Gasteiger partial charge is 0.409 e. The van der Waals surface area contributed by atoms with E-state index in [1.165, 1.54) is 0 Å². The molecule has 60 heavy (non-hydrogen) atoms. The second kappa shape index (κ2) is 17.0. The van der Waals surface area contributed by atoms with Crippen LogP contribution in [0.2, 0.25) is 0 Å². The summed E-state index contributed by atoms with van der Waals surface area (Å²) in [5, 5.41) is 2.78. The fourth-order valence-corrected chi connectivity index (χ4v) is 8.37. The highest BCUT2D eigenvalue weighted by molar-refractivity contribution is 5.98. The maximum absolute atomic E-state index is 13.9. The minimum absolute atomic E-state index is 0.0938. The Hall–Kier alpha value is -6.53. The quantitative estimate of drug-likeness (QED) is 0.126. The number of hydrogen-bond acceptors (Lipinski definition) is 7. The molecular formula is C48H52N8O4. The molecule has 12 nitrogen and oxygen atoms in total. The van der Waals surface area contributed by atoms with E-state index in [9.17, 15) is 14.4 Å². The fourth-order valence-electron chi connectivity index (χ4n) is 8.37. The van der Waals surface area contributed by atoms with Crippen LogP contribution in [0.25, 0.3) is 33.6 Å². The number of likely N-dealkylation sites (tertiary alicyclic amines) is 2. The number of para-hydroxylation sites is 1. The van der Waals surface area contributed by atoms with Gasteiger partial charge in [0.2, 0.25) is 5.91 Å². The van der Waals surface area contributed by atoms with Crippen molar-refractivity contribution in [1.82, 2.24) is 40.0 Å². The van der Waals surface area contributed by atoms with Gasteiger partial charge in [0.25, 0.3) is 5.91 Å². The molecule has 6 aromatic rings. The molecule has 4 aromatic carbocycles. The third kappa shape index (κ3) is 8.60. The van der Waals surface area contributed by atoms with Crippen molar-refractivity contribution < 1.29 is 19.1 Å². The highest BCUT2D eigenvalue weighted by Gasteiger charge is 2.37. The summed E-state index contributed by atoms with van der Waals surface area (Å²) in [6, 6.07) is 32.9. The monoisotopic (exact) mass is 804 g/mol. The Morgan fingerprint density at radius 3 is 1.75 bits per heavy atom. The number of carbonyl (C=O) groups is 3. The van der Waals surface area contributed by atoms with Gasteiger partial charge in [-0.2, -0.15) is 0 Å². The van der Waals surface area contributed by atoms with Gasteiger partial charge >= 0.3 is 6.09 Å². The topological polar surface area (TPSA) is 140 Å². The van der Waals surface area contributed by atoms with Crippen LogP contribution in [0.15, 0.2) is 116 Å². The molecule has 308 valence electrons. The van der Waals surface area contributed by atoms with Crippen LogP contribution in [0.5, 0.6) is 5.75 Å². The number of H-pyrrole nitrogens is 2. The van der Waals surface area contributed by atoms with Crippen LogP contribution >= 0.6 is 0 Å². The molecule has 2 aliphatic heterocycles. The normalized spacial score (nSPS) is 17.2. The van der Waals surface area contributed by atoms with E-state index in [1.807, 2.05) is 87.4 Å². The number of nitrogens with one attached hydrogen (secondary N) is 3. The molecule has 4 heterocycles. The van der Waals surface area contributed by atoms with Crippen molar-refractivity contribution in [2.24, 2.45) is 0 Å². The van der Waals surface area contributed by atoms with Crippen LogP contribution in [0.4, 0.5) is 4.79 Å². The summed E-state index contributed by atoms with van der Waals surface area (Å²) in [4.78, 5) is 62.7. The van der Waals surface area contributed by atoms with Gasteiger partial charge in [0.15, 0.2) is 0 Å². The van der Waals surface area contributed by atoms with Gasteiger partial charge < -0.3 is 29.8 Å². The van der Waals surface area contributed by atoms with Gasteiger partial charge in [-0.3, -0.25) is 14.5 Å². The van der Waals surface area contributed by atoms with Gasteiger partial charge in [0.05, 0.1) is 41.4 Å². The van der Waals surface area contributed by atoms with E-state index >= 15 is 0 Å². The van der Waals surface area contributed by atoms with Gasteiger partial charge in [-0.25, -0.2) is 14.8 Å². The first kappa shape index (κ1) is 40.3. The molecular weight excluding hydrogens is 753 g/mol. The predicted molar refractivity (Wildman–Crippen MR) is 232 cm³/mol. The fraction of sp³-hybridized carbons (Fsp3) is 0.312. The number of amides is 3. The highest BCUT2D eigenvalue weighted by atomic mass is 16.6. The minimum Gasteiger partial charge on any atom is -0.409 e. The molecule has 2 aliphatic rings. The van der Waals surface area contributed by atoms with Crippen molar-refractivity contribution in [2.75, 3.05) is 27.2 Å². The predicted octanol–water partition coefficient (Wildman–Crippen LogP) is 8.96. The number of imidazole rings is 2. The van der Waals surface area contributed by atoms with Crippen LogP contribution in [0, 0.1) is 0 Å². The summed E-state index contributed by atoms with van der Waals surface area (Å²) in [6.07, 6.45) is 6.48. The third-order valence-electron chi connectivity index (χ3n) is 11.3. The molecule has 12 heteroatoms. The van der Waals surface area contributed by atoms with Gasteiger partial charge in [0, 0.05) is 18.6 Å². The number of hydrogen-bond donors (Lipinski definition) is 3. The van der Waals surface area contributed by atoms with Crippen LogP contribution in [-0.4, -0.2) is 85.3 Å². The summed E-state index contributed by atoms with van der Waals surface area (Å²) >= 11 is 0. The molecule has 8 rings (SSSR count). The molecule has 0 radical (unpaired) electrons. The molecule has 3 N–H and O–H groups in total. The molecule has 2 saturated heterocycles. The number of carbonyl (C=O) groups excluding carboxylic acids is 3. The van der Waals surface area contributed by atoms with Crippen LogP contribution in [-0.2, 0) is 4.79 Å². The first-order valence-corrected chi connectivity index (χ1v) is 20.7. The molecule has 0 aliphatic carbocycles. The molecule has 0 spiro atoms. The van der Waals surface area contributed by atoms with Crippen molar-refractivity contribution in [3.63, 3.8) is 0 Å². The van der Waals surface area contributed by atoms with E-state index in [-0.39, 0.29) is 35.7 Å². The SMILES string of the molecule is CN(C)[C@@H](C(=O)N1CCC[C@H]1c1ncc(-c2ccc(-c3ccc(-c4cnc([C@@H]5CCCN5C(=O)c5ccccc5OC(=O)NC(C)(C)C)[nH]4)cc3)cc2)[nH]1)c1ccccc1. The van der Waals surface area contributed by atoms with E-state index in [0.717, 1.165) is 76.5 Å². The number of benzene rings is 4. The Morgan fingerprint density at radius 2 is 1.20 bits per heavy atom. The Morgan fingerprint density at radius 1 is 0.700 bits per heavy atom. The van der Waals surface area contributed by atoms with E-state index in [4.69, 9.17) is 14.7 Å². The zero-order chi connectivity index (χ0) is 42.0. The maximum atomic E-state index is 13.9. The van der Waals surface area contributed by atoms with Gasteiger partial charge in [0.1, 0.15) is 23.4 Å². The average Bonchev–Trinajstić information content (AvgIpc) is 4.08. The standard InChI is InChI=1S/C48H52N8O4/c1-48(2,3)53-47(59)60-41-18-10-9-15-36(41)45(57)55-27-11-16-39(55)43-49-29-37(51-43)33-23-19-31(20-24-33)32-21-25-34(26-22-32)38-30-50-44(52-38)40-17-12-28-56(40)46(58)42(54(4)5)35-13-7-6-8-14-35/h6-10,13-15,18-26,29-30,39-40,42H,11-12,16-17,27-28H2,1-5H3,(H,49,51)(H,50,52)(H,53,59)/t39-,40-,42+/m0/s1. The second-order valence-corrected chi connectivity index (χ2v) is 16.9. The van der Waals surface area contributed by atoms with Crippen LogP contribution in [0.3, 0.4) is 0 Å². The molecule has 3 atom stereocenters. The number of rotatable bonds is 10. The van der Waals surface area contributed by atoms with E-state index < -0.39 is 11.6 Å². The van der Waals surface area contributed by atoms with Crippen molar-refractivity contribution in [2.45, 2.75) is 70.1 Å². The van der Waals surface area contributed by atoms with E-state index in [1.54, 1.807) is 29.2 Å². The Labute approximate surface area is 351 Å². The minimum atomic E-state index is -0.608. The van der Waals surface area contributed by atoms with Gasteiger partial charge in [-0.05, 0) is 100 Å². The zero-order valence-electron chi connectivity index (χ0n) is 34.8. The van der Waals surface area contributed by atoms with E-state index in [0.29, 0.717) is 18.7 Å². The molecule has 0 saturated carbocycles. The van der Waals surface area contributed by atoms with Crippen LogP contribution < -0.4 is 10.1 Å². The largest absolute Gasteiger partial charge is 0.413 e. The average molecular weight is 805 g/mol. The Kier molecular flexibility index (Phi) is 11.4. The summed E-state index contributed by atoms with van der Waals surface area (Å²) in [5.74, 6) is 1.64. The number of nitrogens with zero attached hydrogens (tertiary/aromatic N) is 5. The Balaban J connectivity index is 0.918. The second-order valence-electron chi connectivity index (χ2n) is 16.9. The number of aromatic amines is 2. The molecule has 3 amide bonds. The van der Waals surface area contributed by atoms with Crippen molar-refractivity contribution >= 4 is 17.9 Å². The molecule has 0 unspecified atom stereocenters.